The fraction of sp³-hybridized carbons (Fsp3) is 0.231. The van der Waals surface area contributed by atoms with Crippen LogP contribution in [0.1, 0.15) is 17.4 Å². The third-order valence-electron chi connectivity index (χ3n) is 2.42. The van der Waals surface area contributed by atoms with Gasteiger partial charge in [0.15, 0.2) is 0 Å². The van der Waals surface area contributed by atoms with E-state index in [0.717, 1.165) is 23.7 Å². The van der Waals surface area contributed by atoms with Crippen molar-refractivity contribution >= 4 is 22.9 Å². The lowest BCUT2D eigenvalue weighted by Gasteiger charge is -2.06. The molecular formula is C13H15N3OS. The van der Waals surface area contributed by atoms with Crippen molar-refractivity contribution in [2.24, 2.45) is 0 Å². The van der Waals surface area contributed by atoms with Crippen LogP contribution in [0.25, 0.3) is 0 Å². The minimum atomic E-state index is -0.0382. The van der Waals surface area contributed by atoms with Crippen molar-refractivity contribution in [1.29, 1.82) is 0 Å². The molecule has 2 N–H and O–H groups in total. The normalized spacial score (nSPS) is 10.3. The molecule has 2 aromatic heterocycles. The Bertz CT molecular complexity index is 510. The Kier molecular flexibility index (Phi) is 4.44. The standard InChI is InChI=1S/C13H15N3OS/c1-10(17)16-12-4-7-18-13(12)9-15-8-11-2-5-14-6-3-11/h2-7,15H,8-9H2,1H3,(H,16,17). The van der Waals surface area contributed by atoms with E-state index in [1.807, 2.05) is 23.6 Å². The first-order valence-electron chi connectivity index (χ1n) is 5.69. The maximum Gasteiger partial charge on any atom is 0.221 e. The molecule has 0 spiro atoms. The number of nitrogens with one attached hydrogen (secondary N) is 2. The third kappa shape index (κ3) is 3.65. The van der Waals surface area contributed by atoms with Crippen LogP contribution in [0.4, 0.5) is 5.69 Å². The molecule has 0 aliphatic heterocycles. The average Bonchev–Trinajstić information content (AvgIpc) is 2.77. The van der Waals surface area contributed by atoms with Gasteiger partial charge in [-0.2, -0.15) is 0 Å². The summed E-state index contributed by atoms with van der Waals surface area (Å²) in [6.45, 7) is 3.06. The van der Waals surface area contributed by atoms with Crippen LogP contribution in [0, 0.1) is 0 Å². The van der Waals surface area contributed by atoms with E-state index in [0.29, 0.717) is 0 Å². The Morgan fingerprint density at radius 1 is 1.28 bits per heavy atom. The molecule has 2 heterocycles. The fourth-order valence-electron chi connectivity index (χ4n) is 1.60. The summed E-state index contributed by atoms with van der Waals surface area (Å²) in [5.74, 6) is -0.0382. The molecule has 0 radical (unpaired) electrons. The van der Waals surface area contributed by atoms with Gasteiger partial charge in [0.2, 0.25) is 5.91 Å². The quantitative estimate of drug-likeness (QED) is 0.869. The average molecular weight is 261 g/mol. The topological polar surface area (TPSA) is 54.0 Å². The highest BCUT2D eigenvalue weighted by Crippen LogP contribution is 2.22. The number of hydrogen-bond acceptors (Lipinski definition) is 4. The zero-order valence-corrected chi connectivity index (χ0v) is 11.0. The maximum absolute atomic E-state index is 11.0. The van der Waals surface area contributed by atoms with Gasteiger partial charge in [-0.15, -0.1) is 11.3 Å². The first kappa shape index (κ1) is 12.7. The van der Waals surface area contributed by atoms with Crippen LogP contribution in [-0.2, 0) is 17.9 Å². The van der Waals surface area contributed by atoms with Crippen molar-refractivity contribution in [3.63, 3.8) is 0 Å². The Morgan fingerprint density at radius 3 is 2.78 bits per heavy atom. The number of nitrogens with zero attached hydrogens (tertiary/aromatic N) is 1. The van der Waals surface area contributed by atoms with Crippen LogP contribution < -0.4 is 10.6 Å². The summed E-state index contributed by atoms with van der Waals surface area (Å²) in [5, 5.41) is 8.15. The molecule has 0 aliphatic carbocycles. The van der Waals surface area contributed by atoms with E-state index < -0.39 is 0 Å². The lowest BCUT2D eigenvalue weighted by atomic mass is 10.2. The van der Waals surface area contributed by atoms with E-state index in [2.05, 4.69) is 15.6 Å². The number of amides is 1. The summed E-state index contributed by atoms with van der Waals surface area (Å²) in [6, 6.07) is 5.89. The lowest BCUT2D eigenvalue weighted by molar-refractivity contribution is -0.114. The second-order valence-electron chi connectivity index (χ2n) is 3.90. The van der Waals surface area contributed by atoms with E-state index in [4.69, 9.17) is 0 Å². The van der Waals surface area contributed by atoms with Gasteiger partial charge in [0.05, 0.1) is 5.69 Å². The van der Waals surface area contributed by atoms with Crippen molar-refractivity contribution in [3.8, 4) is 0 Å². The number of pyridine rings is 1. The monoisotopic (exact) mass is 261 g/mol. The van der Waals surface area contributed by atoms with Crippen LogP contribution in [-0.4, -0.2) is 10.9 Å². The fourth-order valence-corrected chi connectivity index (χ4v) is 2.40. The van der Waals surface area contributed by atoms with Gasteiger partial charge in [-0.05, 0) is 29.1 Å². The number of thiophene rings is 1. The van der Waals surface area contributed by atoms with Gasteiger partial charge in [-0.1, -0.05) is 0 Å². The molecule has 0 unspecified atom stereocenters. The van der Waals surface area contributed by atoms with Crippen LogP contribution in [0.5, 0.6) is 0 Å². The van der Waals surface area contributed by atoms with Crippen molar-refractivity contribution in [3.05, 3.63) is 46.4 Å². The smallest absolute Gasteiger partial charge is 0.221 e. The summed E-state index contributed by atoms with van der Waals surface area (Å²) in [4.78, 5) is 16.1. The number of anilines is 1. The molecule has 2 aromatic rings. The second kappa shape index (κ2) is 6.28. The van der Waals surface area contributed by atoms with Gasteiger partial charge in [0, 0.05) is 37.3 Å². The van der Waals surface area contributed by atoms with E-state index in [1.54, 1.807) is 23.7 Å². The molecule has 0 aliphatic rings. The minimum Gasteiger partial charge on any atom is -0.325 e. The third-order valence-corrected chi connectivity index (χ3v) is 3.34. The summed E-state index contributed by atoms with van der Waals surface area (Å²) in [6.07, 6.45) is 3.57. The van der Waals surface area contributed by atoms with Crippen molar-refractivity contribution in [2.45, 2.75) is 20.0 Å². The molecular weight excluding hydrogens is 246 g/mol. The Morgan fingerprint density at radius 2 is 2.06 bits per heavy atom. The predicted molar refractivity (Wildman–Crippen MR) is 73.4 cm³/mol. The molecule has 0 saturated heterocycles. The first-order chi connectivity index (χ1) is 8.75. The van der Waals surface area contributed by atoms with Gasteiger partial charge in [0.25, 0.3) is 0 Å². The number of aromatic nitrogens is 1. The number of hydrogen-bond donors (Lipinski definition) is 2. The second-order valence-corrected chi connectivity index (χ2v) is 4.90. The minimum absolute atomic E-state index is 0.0382. The van der Waals surface area contributed by atoms with Crippen molar-refractivity contribution in [2.75, 3.05) is 5.32 Å². The highest BCUT2D eigenvalue weighted by Gasteiger charge is 2.05. The highest BCUT2D eigenvalue weighted by atomic mass is 32.1. The molecule has 0 atom stereocenters. The van der Waals surface area contributed by atoms with E-state index in [1.165, 1.54) is 12.5 Å². The van der Waals surface area contributed by atoms with Crippen LogP contribution in [0.2, 0.25) is 0 Å². The highest BCUT2D eigenvalue weighted by molar-refractivity contribution is 7.10. The Hall–Kier alpha value is -1.72. The van der Waals surface area contributed by atoms with Crippen molar-refractivity contribution < 1.29 is 4.79 Å². The predicted octanol–water partition coefficient (Wildman–Crippen LogP) is 2.39. The summed E-state index contributed by atoms with van der Waals surface area (Å²) in [7, 11) is 0. The van der Waals surface area contributed by atoms with Gasteiger partial charge >= 0.3 is 0 Å². The van der Waals surface area contributed by atoms with Gasteiger partial charge < -0.3 is 10.6 Å². The molecule has 0 aromatic carbocycles. The largest absolute Gasteiger partial charge is 0.325 e. The summed E-state index contributed by atoms with van der Waals surface area (Å²) < 4.78 is 0. The number of carbonyl (C=O) groups is 1. The molecule has 0 bridgehead atoms. The zero-order chi connectivity index (χ0) is 12.8. The van der Waals surface area contributed by atoms with Gasteiger partial charge in [-0.25, -0.2) is 0 Å². The van der Waals surface area contributed by atoms with Crippen LogP contribution in [0.15, 0.2) is 36.0 Å². The molecule has 0 fully saturated rings. The molecule has 18 heavy (non-hydrogen) atoms. The SMILES string of the molecule is CC(=O)Nc1ccsc1CNCc1ccncc1. The number of carbonyl (C=O) groups excluding carboxylic acids is 1. The van der Waals surface area contributed by atoms with E-state index >= 15 is 0 Å². The Balaban J connectivity index is 1.87. The van der Waals surface area contributed by atoms with Crippen molar-refractivity contribution in [1.82, 2.24) is 10.3 Å². The molecule has 1 amide bonds. The lowest BCUT2D eigenvalue weighted by Crippen LogP contribution is -2.14. The van der Waals surface area contributed by atoms with E-state index in [9.17, 15) is 4.79 Å². The van der Waals surface area contributed by atoms with Gasteiger partial charge in [-0.3, -0.25) is 9.78 Å². The summed E-state index contributed by atoms with van der Waals surface area (Å²) in [5.41, 5.74) is 2.09. The molecule has 2 rings (SSSR count). The molecule has 4 nitrogen and oxygen atoms in total. The summed E-state index contributed by atoms with van der Waals surface area (Å²) >= 11 is 1.64. The van der Waals surface area contributed by atoms with E-state index in [-0.39, 0.29) is 5.91 Å². The van der Waals surface area contributed by atoms with Gasteiger partial charge in [0.1, 0.15) is 0 Å². The molecule has 5 heteroatoms. The van der Waals surface area contributed by atoms with Crippen LogP contribution in [0.3, 0.4) is 0 Å². The Labute approximate surface area is 110 Å². The first-order valence-corrected chi connectivity index (χ1v) is 6.57. The maximum atomic E-state index is 11.0. The zero-order valence-electron chi connectivity index (χ0n) is 10.1. The molecule has 0 saturated carbocycles. The van der Waals surface area contributed by atoms with Crippen LogP contribution >= 0.6 is 11.3 Å². The number of rotatable bonds is 5. The molecule has 94 valence electrons.